The van der Waals surface area contributed by atoms with Gasteiger partial charge in [0.05, 0.1) is 6.61 Å². The highest BCUT2D eigenvalue weighted by atomic mass is 32.2. The van der Waals surface area contributed by atoms with Gasteiger partial charge in [0.25, 0.3) is 10.2 Å². The monoisotopic (exact) mass is 435 g/mol. The SMILES string of the molecule is CCN(CC1CCN(S(=O)(=O)N2CCCC2)CC1)[C@@H](C)Cc1ccc2c(c1)CCO2. The maximum Gasteiger partial charge on any atom is 0.281 e. The van der Waals surface area contributed by atoms with E-state index in [0.29, 0.717) is 38.1 Å². The lowest BCUT2D eigenvalue weighted by Crippen LogP contribution is -2.48. The molecule has 0 bridgehead atoms. The van der Waals surface area contributed by atoms with Gasteiger partial charge in [0, 0.05) is 45.2 Å². The van der Waals surface area contributed by atoms with E-state index in [1.54, 1.807) is 8.61 Å². The smallest absolute Gasteiger partial charge is 0.281 e. The second-order valence-electron chi connectivity index (χ2n) is 9.14. The van der Waals surface area contributed by atoms with E-state index in [0.717, 1.165) is 64.0 Å². The molecule has 0 aromatic heterocycles. The van der Waals surface area contributed by atoms with Crippen molar-refractivity contribution in [3.8, 4) is 5.75 Å². The number of hydrogen-bond donors (Lipinski definition) is 0. The largest absolute Gasteiger partial charge is 0.493 e. The lowest BCUT2D eigenvalue weighted by Gasteiger charge is -2.37. The molecular formula is C23H37N3O3S. The van der Waals surface area contributed by atoms with Crippen molar-refractivity contribution >= 4 is 10.2 Å². The van der Waals surface area contributed by atoms with Crippen LogP contribution < -0.4 is 4.74 Å². The summed E-state index contributed by atoms with van der Waals surface area (Å²) in [5.74, 6) is 1.63. The highest BCUT2D eigenvalue weighted by molar-refractivity contribution is 7.86. The predicted octanol–water partition coefficient (Wildman–Crippen LogP) is 2.93. The fourth-order valence-electron chi connectivity index (χ4n) is 5.19. The number of benzene rings is 1. The molecule has 0 unspecified atom stereocenters. The minimum Gasteiger partial charge on any atom is -0.493 e. The van der Waals surface area contributed by atoms with Gasteiger partial charge in [-0.15, -0.1) is 0 Å². The standard InChI is InChI=1S/C23H37N3O3S/c1-3-24(19(2)16-21-6-7-23-22(17-21)10-15-29-23)18-20-8-13-26(14-9-20)30(27,28)25-11-4-5-12-25/h6-7,17,19-20H,3-5,8-16,18H2,1-2H3/t19-/m0/s1. The van der Waals surface area contributed by atoms with Crippen LogP contribution in [0.2, 0.25) is 0 Å². The lowest BCUT2D eigenvalue weighted by molar-refractivity contribution is 0.150. The van der Waals surface area contributed by atoms with Gasteiger partial charge >= 0.3 is 0 Å². The topological polar surface area (TPSA) is 53.1 Å². The van der Waals surface area contributed by atoms with E-state index in [1.807, 2.05) is 0 Å². The number of nitrogens with zero attached hydrogens (tertiary/aromatic N) is 3. The van der Waals surface area contributed by atoms with Gasteiger partial charge in [-0.3, -0.25) is 0 Å². The summed E-state index contributed by atoms with van der Waals surface area (Å²) in [7, 11) is -3.24. The van der Waals surface area contributed by atoms with Crippen LogP contribution in [0.1, 0.15) is 50.7 Å². The molecule has 0 amide bonds. The summed E-state index contributed by atoms with van der Waals surface area (Å²) in [5, 5.41) is 0. The first kappa shape index (κ1) is 22.1. The van der Waals surface area contributed by atoms with Crippen molar-refractivity contribution in [2.45, 2.75) is 58.4 Å². The fourth-order valence-corrected chi connectivity index (χ4v) is 6.91. The third-order valence-electron chi connectivity index (χ3n) is 7.10. The van der Waals surface area contributed by atoms with Crippen molar-refractivity contribution in [3.05, 3.63) is 29.3 Å². The second kappa shape index (κ2) is 9.55. The van der Waals surface area contributed by atoms with E-state index in [4.69, 9.17) is 4.74 Å². The molecule has 0 spiro atoms. The predicted molar refractivity (Wildman–Crippen MR) is 120 cm³/mol. The lowest BCUT2D eigenvalue weighted by atomic mass is 9.96. The summed E-state index contributed by atoms with van der Waals surface area (Å²) < 4.78 is 34.6. The average Bonchev–Trinajstić information content (AvgIpc) is 3.44. The molecule has 2 saturated heterocycles. The Kier molecular flexibility index (Phi) is 7.02. The van der Waals surface area contributed by atoms with E-state index < -0.39 is 10.2 Å². The summed E-state index contributed by atoms with van der Waals surface area (Å²) >= 11 is 0. The van der Waals surface area contributed by atoms with Gasteiger partial charge < -0.3 is 9.64 Å². The molecule has 168 valence electrons. The van der Waals surface area contributed by atoms with Crippen LogP contribution in [0.5, 0.6) is 5.75 Å². The molecule has 0 N–H and O–H groups in total. The molecule has 3 heterocycles. The van der Waals surface area contributed by atoms with Gasteiger partial charge in [0.2, 0.25) is 0 Å². The van der Waals surface area contributed by atoms with Crippen molar-refractivity contribution in [2.75, 3.05) is 45.9 Å². The van der Waals surface area contributed by atoms with Crippen molar-refractivity contribution in [2.24, 2.45) is 5.92 Å². The molecular weight excluding hydrogens is 398 g/mol. The quantitative estimate of drug-likeness (QED) is 0.630. The van der Waals surface area contributed by atoms with Crippen molar-refractivity contribution < 1.29 is 13.2 Å². The molecule has 4 rings (SSSR count). The molecule has 7 heteroatoms. The Morgan fingerprint density at radius 2 is 1.83 bits per heavy atom. The minimum atomic E-state index is -3.24. The van der Waals surface area contributed by atoms with Gasteiger partial charge in [-0.05, 0) is 68.7 Å². The first-order chi connectivity index (χ1) is 14.5. The number of likely N-dealkylation sites (N-methyl/N-ethyl adjacent to an activating group) is 1. The van der Waals surface area contributed by atoms with Gasteiger partial charge in [0.15, 0.2) is 0 Å². The molecule has 1 aromatic carbocycles. The van der Waals surface area contributed by atoms with Gasteiger partial charge in [-0.2, -0.15) is 17.0 Å². The molecule has 2 fully saturated rings. The van der Waals surface area contributed by atoms with Crippen LogP contribution in [-0.2, 0) is 23.1 Å². The van der Waals surface area contributed by atoms with Crippen molar-refractivity contribution in [1.29, 1.82) is 0 Å². The van der Waals surface area contributed by atoms with E-state index in [-0.39, 0.29) is 0 Å². The molecule has 3 aliphatic heterocycles. The number of ether oxygens (including phenoxy) is 1. The van der Waals surface area contributed by atoms with Gasteiger partial charge in [-0.25, -0.2) is 0 Å². The van der Waals surface area contributed by atoms with Gasteiger partial charge in [-0.1, -0.05) is 19.1 Å². The Morgan fingerprint density at radius 1 is 1.13 bits per heavy atom. The Labute approximate surface area is 182 Å². The summed E-state index contributed by atoms with van der Waals surface area (Å²) in [4.78, 5) is 2.57. The third-order valence-corrected chi connectivity index (χ3v) is 9.13. The summed E-state index contributed by atoms with van der Waals surface area (Å²) in [6, 6.07) is 7.11. The molecule has 1 atom stereocenters. The van der Waals surface area contributed by atoms with Crippen LogP contribution in [0, 0.1) is 5.92 Å². The van der Waals surface area contributed by atoms with Gasteiger partial charge in [0.1, 0.15) is 5.75 Å². The zero-order valence-electron chi connectivity index (χ0n) is 18.6. The van der Waals surface area contributed by atoms with E-state index in [1.165, 1.54) is 11.1 Å². The molecule has 0 aliphatic carbocycles. The highest BCUT2D eigenvalue weighted by Gasteiger charge is 2.34. The first-order valence-electron chi connectivity index (χ1n) is 11.7. The molecule has 1 aromatic rings. The Morgan fingerprint density at radius 3 is 2.53 bits per heavy atom. The first-order valence-corrected chi connectivity index (χ1v) is 13.1. The normalized spacial score (nSPS) is 22.4. The second-order valence-corrected chi connectivity index (χ2v) is 11.1. The van der Waals surface area contributed by atoms with Crippen LogP contribution in [0.3, 0.4) is 0 Å². The summed E-state index contributed by atoms with van der Waals surface area (Å²) in [6.45, 7) is 10.2. The molecule has 3 aliphatic rings. The van der Waals surface area contributed by atoms with Crippen LogP contribution in [0.25, 0.3) is 0 Å². The molecule has 6 nitrogen and oxygen atoms in total. The third kappa shape index (κ3) is 4.85. The van der Waals surface area contributed by atoms with Crippen LogP contribution in [0.15, 0.2) is 18.2 Å². The number of hydrogen-bond acceptors (Lipinski definition) is 4. The maximum atomic E-state index is 12.8. The summed E-state index contributed by atoms with van der Waals surface area (Å²) in [6.07, 6.45) is 5.99. The average molecular weight is 436 g/mol. The highest BCUT2D eigenvalue weighted by Crippen LogP contribution is 2.28. The maximum absolute atomic E-state index is 12.8. The van der Waals surface area contributed by atoms with Crippen LogP contribution in [-0.4, -0.2) is 73.8 Å². The molecule has 30 heavy (non-hydrogen) atoms. The Balaban J connectivity index is 1.29. The molecule has 0 radical (unpaired) electrons. The Bertz CT molecular complexity index is 815. The molecule has 0 saturated carbocycles. The number of fused-ring (bicyclic) bond motifs is 1. The van der Waals surface area contributed by atoms with E-state index in [2.05, 4.69) is 36.9 Å². The number of piperidine rings is 1. The van der Waals surface area contributed by atoms with Crippen LogP contribution >= 0.6 is 0 Å². The van der Waals surface area contributed by atoms with E-state index in [9.17, 15) is 8.42 Å². The minimum absolute atomic E-state index is 0.474. The van der Waals surface area contributed by atoms with Crippen LogP contribution in [0.4, 0.5) is 0 Å². The zero-order chi connectivity index (χ0) is 21.1. The Hall–Kier alpha value is -1.15. The summed E-state index contributed by atoms with van der Waals surface area (Å²) in [5.41, 5.74) is 2.73. The van der Waals surface area contributed by atoms with Crippen molar-refractivity contribution in [1.82, 2.24) is 13.5 Å². The fraction of sp³-hybridized carbons (Fsp3) is 0.739. The number of rotatable bonds is 8. The zero-order valence-corrected chi connectivity index (χ0v) is 19.4. The van der Waals surface area contributed by atoms with Crippen molar-refractivity contribution in [3.63, 3.8) is 0 Å². The van der Waals surface area contributed by atoms with E-state index >= 15 is 0 Å².